The number of nitrogens with two attached hydrogens (primary N) is 1. The normalized spacial score (nSPS) is 11.2. The molecule has 3 N–H and O–H groups in total. The summed E-state index contributed by atoms with van der Waals surface area (Å²) < 4.78 is 0. The molecular weight excluding hydrogens is 260 g/mol. The highest BCUT2D eigenvalue weighted by atomic mass is 16.1. The largest absolute Gasteiger partial charge is 0.397 e. The molecule has 110 valence electrons. The predicted octanol–water partition coefficient (Wildman–Crippen LogP) is 4.13. The van der Waals surface area contributed by atoms with E-state index in [2.05, 4.69) is 26.1 Å². The second kappa shape index (κ2) is 5.60. The van der Waals surface area contributed by atoms with Gasteiger partial charge in [0.1, 0.15) is 0 Å². The van der Waals surface area contributed by atoms with Crippen molar-refractivity contribution in [1.82, 2.24) is 0 Å². The molecule has 0 aliphatic rings. The smallest absolute Gasteiger partial charge is 0.256 e. The Morgan fingerprint density at radius 3 is 2.33 bits per heavy atom. The second-order valence-corrected chi connectivity index (χ2v) is 6.29. The van der Waals surface area contributed by atoms with Crippen molar-refractivity contribution >= 4 is 17.3 Å². The molecule has 0 saturated heterocycles. The first-order valence-electron chi connectivity index (χ1n) is 7.06. The molecule has 21 heavy (non-hydrogen) atoms. The van der Waals surface area contributed by atoms with Gasteiger partial charge in [0.2, 0.25) is 0 Å². The fourth-order valence-electron chi connectivity index (χ4n) is 2.38. The number of nitrogen functional groups attached to an aromatic ring is 1. The zero-order valence-electron chi connectivity index (χ0n) is 13.0. The second-order valence-electron chi connectivity index (χ2n) is 6.29. The van der Waals surface area contributed by atoms with Crippen molar-refractivity contribution in [2.45, 2.75) is 33.1 Å². The van der Waals surface area contributed by atoms with E-state index in [9.17, 15) is 4.79 Å². The lowest BCUT2D eigenvalue weighted by molar-refractivity contribution is 0.102. The number of nitrogens with one attached hydrogen (secondary N) is 1. The third-order valence-electron chi connectivity index (χ3n) is 3.52. The van der Waals surface area contributed by atoms with Gasteiger partial charge in [0, 0.05) is 5.56 Å². The molecule has 0 spiro atoms. The lowest BCUT2D eigenvalue weighted by atomic mass is 9.83. The van der Waals surface area contributed by atoms with Crippen LogP contribution in [0.1, 0.15) is 42.3 Å². The van der Waals surface area contributed by atoms with Gasteiger partial charge in [-0.2, -0.15) is 0 Å². The Kier molecular flexibility index (Phi) is 4.03. The third kappa shape index (κ3) is 3.24. The highest BCUT2D eigenvalue weighted by Gasteiger charge is 2.21. The van der Waals surface area contributed by atoms with Crippen molar-refractivity contribution < 1.29 is 4.79 Å². The van der Waals surface area contributed by atoms with Crippen LogP contribution in [0.25, 0.3) is 0 Å². The summed E-state index contributed by atoms with van der Waals surface area (Å²) in [7, 11) is 0. The van der Waals surface area contributed by atoms with Gasteiger partial charge in [-0.1, -0.05) is 51.1 Å². The number of carbonyl (C=O) groups is 1. The van der Waals surface area contributed by atoms with Gasteiger partial charge < -0.3 is 11.1 Å². The van der Waals surface area contributed by atoms with E-state index >= 15 is 0 Å². The van der Waals surface area contributed by atoms with Crippen molar-refractivity contribution in [2.24, 2.45) is 0 Å². The van der Waals surface area contributed by atoms with Crippen LogP contribution in [0.15, 0.2) is 42.5 Å². The van der Waals surface area contributed by atoms with Crippen LogP contribution in [-0.4, -0.2) is 5.91 Å². The number of benzene rings is 2. The minimum absolute atomic E-state index is 0.0921. The summed E-state index contributed by atoms with van der Waals surface area (Å²) in [6.07, 6.45) is 0. The van der Waals surface area contributed by atoms with E-state index in [-0.39, 0.29) is 11.3 Å². The van der Waals surface area contributed by atoms with Crippen molar-refractivity contribution in [3.05, 3.63) is 59.2 Å². The average molecular weight is 282 g/mol. The Morgan fingerprint density at radius 2 is 1.71 bits per heavy atom. The fraction of sp³-hybridized carbons (Fsp3) is 0.278. The van der Waals surface area contributed by atoms with E-state index < -0.39 is 0 Å². The Hall–Kier alpha value is -2.29. The third-order valence-corrected chi connectivity index (χ3v) is 3.52. The summed E-state index contributed by atoms with van der Waals surface area (Å²) in [6, 6.07) is 13.3. The molecule has 0 aliphatic heterocycles. The molecule has 0 heterocycles. The molecule has 0 aliphatic carbocycles. The van der Waals surface area contributed by atoms with Crippen LogP contribution < -0.4 is 11.1 Å². The van der Waals surface area contributed by atoms with Crippen molar-refractivity contribution in [3.8, 4) is 0 Å². The summed E-state index contributed by atoms with van der Waals surface area (Å²) >= 11 is 0. The lowest BCUT2D eigenvalue weighted by Gasteiger charge is -2.22. The Balaban J connectivity index is 2.38. The number of hydrogen-bond donors (Lipinski definition) is 2. The zero-order chi connectivity index (χ0) is 15.6. The van der Waals surface area contributed by atoms with Gasteiger partial charge in [0.05, 0.1) is 11.4 Å². The first kappa shape index (κ1) is 15.1. The van der Waals surface area contributed by atoms with Crippen LogP contribution in [0.5, 0.6) is 0 Å². The molecule has 2 rings (SSSR count). The monoisotopic (exact) mass is 282 g/mol. The first-order valence-corrected chi connectivity index (χ1v) is 7.06. The van der Waals surface area contributed by atoms with E-state index in [4.69, 9.17) is 5.73 Å². The molecule has 1 amide bonds. The molecule has 0 aromatic heterocycles. The van der Waals surface area contributed by atoms with Gasteiger partial charge in [-0.15, -0.1) is 0 Å². The van der Waals surface area contributed by atoms with E-state index in [0.717, 1.165) is 11.1 Å². The molecule has 3 nitrogen and oxygen atoms in total. The maximum atomic E-state index is 12.6. The number of aryl methyl sites for hydroxylation is 1. The van der Waals surface area contributed by atoms with Crippen molar-refractivity contribution in [2.75, 3.05) is 11.1 Å². The zero-order valence-corrected chi connectivity index (χ0v) is 13.0. The van der Waals surface area contributed by atoms with Crippen molar-refractivity contribution in [3.63, 3.8) is 0 Å². The number of rotatable bonds is 2. The van der Waals surface area contributed by atoms with E-state index in [0.29, 0.717) is 16.9 Å². The highest BCUT2D eigenvalue weighted by Crippen LogP contribution is 2.28. The standard InChI is InChI=1S/C18H22N2O/c1-12-8-7-11-15(19)16(12)20-17(21)13-9-5-6-10-14(13)18(2,3)4/h5-11H,19H2,1-4H3,(H,20,21). The van der Waals surface area contributed by atoms with Crippen LogP contribution in [0.4, 0.5) is 11.4 Å². The molecule has 2 aromatic carbocycles. The molecule has 0 atom stereocenters. The molecule has 0 saturated carbocycles. The number of amides is 1. The number of carbonyl (C=O) groups excluding carboxylic acids is 1. The maximum Gasteiger partial charge on any atom is 0.256 e. The lowest BCUT2D eigenvalue weighted by Crippen LogP contribution is -2.21. The molecule has 0 fully saturated rings. The number of para-hydroxylation sites is 1. The van der Waals surface area contributed by atoms with Crippen LogP contribution in [0.2, 0.25) is 0 Å². The summed E-state index contributed by atoms with van der Waals surface area (Å²) in [5.74, 6) is -0.124. The SMILES string of the molecule is Cc1cccc(N)c1NC(=O)c1ccccc1C(C)(C)C. The van der Waals surface area contributed by atoms with Crippen molar-refractivity contribution in [1.29, 1.82) is 0 Å². The Labute approximate surface area is 126 Å². The average Bonchev–Trinajstić information content (AvgIpc) is 2.42. The van der Waals surface area contributed by atoms with Crippen LogP contribution in [0, 0.1) is 6.92 Å². The van der Waals surface area contributed by atoms with Gasteiger partial charge in [-0.25, -0.2) is 0 Å². The quantitative estimate of drug-likeness (QED) is 0.814. The molecule has 0 bridgehead atoms. The molecule has 0 unspecified atom stereocenters. The van der Waals surface area contributed by atoms with Gasteiger partial charge in [-0.05, 0) is 35.6 Å². The van der Waals surface area contributed by atoms with Crippen LogP contribution in [-0.2, 0) is 5.41 Å². The highest BCUT2D eigenvalue weighted by molar-refractivity contribution is 6.07. The number of anilines is 2. The molecular formula is C18H22N2O. The molecule has 3 heteroatoms. The fourth-order valence-corrected chi connectivity index (χ4v) is 2.38. The van der Waals surface area contributed by atoms with Crippen LogP contribution >= 0.6 is 0 Å². The minimum atomic E-state index is -0.124. The number of hydrogen-bond acceptors (Lipinski definition) is 2. The Bertz CT molecular complexity index is 649. The van der Waals surface area contributed by atoms with E-state index in [1.165, 1.54) is 0 Å². The topological polar surface area (TPSA) is 55.1 Å². The van der Waals surface area contributed by atoms with E-state index in [1.807, 2.05) is 43.3 Å². The first-order chi connectivity index (χ1) is 9.80. The van der Waals surface area contributed by atoms with Gasteiger partial charge in [0.25, 0.3) is 5.91 Å². The Morgan fingerprint density at radius 1 is 1.05 bits per heavy atom. The van der Waals surface area contributed by atoms with Gasteiger partial charge in [-0.3, -0.25) is 4.79 Å². The maximum absolute atomic E-state index is 12.6. The predicted molar refractivity (Wildman–Crippen MR) is 88.7 cm³/mol. The minimum Gasteiger partial charge on any atom is -0.397 e. The summed E-state index contributed by atoms with van der Waals surface area (Å²) in [6.45, 7) is 8.23. The summed E-state index contributed by atoms with van der Waals surface area (Å²) in [5.41, 5.74) is 9.80. The van der Waals surface area contributed by atoms with Crippen LogP contribution in [0.3, 0.4) is 0 Å². The summed E-state index contributed by atoms with van der Waals surface area (Å²) in [4.78, 5) is 12.6. The molecule has 2 aromatic rings. The summed E-state index contributed by atoms with van der Waals surface area (Å²) in [5, 5.41) is 2.94. The van der Waals surface area contributed by atoms with Gasteiger partial charge in [0.15, 0.2) is 0 Å². The molecule has 0 radical (unpaired) electrons. The van der Waals surface area contributed by atoms with Gasteiger partial charge >= 0.3 is 0 Å². The van der Waals surface area contributed by atoms with E-state index in [1.54, 1.807) is 6.07 Å².